The first-order chi connectivity index (χ1) is 10.7. The SMILES string of the molecule is C=CCN(C=C(C#N)/C=C/C(=O)OCC)Cc1ccccc1. The maximum atomic E-state index is 11.3. The number of ether oxygens (including phenoxy) is 1. The molecule has 1 aromatic rings. The molecular weight excluding hydrogens is 276 g/mol. The Kier molecular flexibility index (Phi) is 7.84. The minimum atomic E-state index is -0.456. The summed E-state index contributed by atoms with van der Waals surface area (Å²) in [5.74, 6) is -0.456. The molecule has 0 aliphatic heterocycles. The van der Waals surface area contributed by atoms with Crippen LogP contribution in [0.2, 0.25) is 0 Å². The average Bonchev–Trinajstić information content (AvgIpc) is 2.52. The maximum absolute atomic E-state index is 11.3. The van der Waals surface area contributed by atoms with Crippen molar-refractivity contribution in [1.82, 2.24) is 4.90 Å². The van der Waals surface area contributed by atoms with Crippen LogP contribution in [0.1, 0.15) is 12.5 Å². The van der Waals surface area contributed by atoms with Crippen molar-refractivity contribution in [1.29, 1.82) is 5.26 Å². The molecule has 0 radical (unpaired) electrons. The fraction of sp³-hybridized carbons (Fsp3) is 0.222. The molecule has 0 heterocycles. The van der Waals surface area contributed by atoms with Gasteiger partial charge in [0.2, 0.25) is 0 Å². The molecule has 0 aliphatic rings. The average molecular weight is 296 g/mol. The van der Waals surface area contributed by atoms with Gasteiger partial charge in [-0.25, -0.2) is 4.79 Å². The summed E-state index contributed by atoms with van der Waals surface area (Å²) in [7, 11) is 0. The van der Waals surface area contributed by atoms with Crippen molar-refractivity contribution in [3.05, 3.63) is 72.5 Å². The highest BCUT2D eigenvalue weighted by Gasteiger charge is 2.02. The molecule has 0 unspecified atom stereocenters. The lowest BCUT2D eigenvalue weighted by Crippen LogP contribution is -2.17. The molecule has 4 heteroatoms. The topological polar surface area (TPSA) is 53.3 Å². The number of nitriles is 1. The Morgan fingerprint density at radius 3 is 2.68 bits per heavy atom. The molecule has 1 rings (SSSR count). The zero-order valence-electron chi connectivity index (χ0n) is 12.7. The van der Waals surface area contributed by atoms with Crippen LogP contribution in [0, 0.1) is 11.3 Å². The fourth-order valence-corrected chi connectivity index (χ4v) is 1.80. The number of carbonyl (C=O) groups is 1. The van der Waals surface area contributed by atoms with Crippen molar-refractivity contribution in [2.75, 3.05) is 13.2 Å². The van der Waals surface area contributed by atoms with Crippen molar-refractivity contribution in [3.8, 4) is 6.07 Å². The summed E-state index contributed by atoms with van der Waals surface area (Å²) in [6, 6.07) is 12.0. The minimum absolute atomic E-state index is 0.311. The minimum Gasteiger partial charge on any atom is -0.463 e. The van der Waals surface area contributed by atoms with E-state index in [2.05, 4.69) is 12.6 Å². The fourth-order valence-electron chi connectivity index (χ4n) is 1.80. The highest BCUT2D eigenvalue weighted by atomic mass is 16.5. The zero-order valence-corrected chi connectivity index (χ0v) is 12.7. The van der Waals surface area contributed by atoms with Crippen LogP contribution in [-0.4, -0.2) is 24.0 Å². The van der Waals surface area contributed by atoms with Crippen molar-refractivity contribution in [2.45, 2.75) is 13.5 Å². The molecule has 1 aromatic carbocycles. The number of rotatable bonds is 8. The van der Waals surface area contributed by atoms with E-state index in [1.54, 1.807) is 19.2 Å². The van der Waals surface area contributed by atoms with E-state index in [-0.39, 0.29) is 0 Å². The molecule has 0 spiro atoms. The predicted octanol–water partition coefficient (Wildman–Crippen LogP) is 3.20. The van der Waals surface area contributed by atoms with Crippen LogP contribution in [0.25, 0.3) is 0 Å². The van der Waals surface area contributed by atoms with Gasteiger partial charge in [-0.3, -0.25) is 0 Å². The first kappa shape index (κ1) is 17.3. The first-order valence-corrected chi connectivity index (χ1v) is 7.05. The number of carbonyl (C=O) groups excluding carboxylic acids is 1. The number of allylic oxidation sites excluding steroid dienone is 2. The Balaban J connectivity index is 2.82. The third-order valence-electron chi connectivity index (χ3n) is 2.73. The van der Waals surface area contributed by atoms with E-state index in [0.717, 1.165) is 5.56 Å². The number of esters is 1. The van der Waals surface area contributed by atoms with E-state index in [4.69, 9.17) is 4.74 Å². The monoisotopic (exact) mass is 296 g/mol. The smallest absolute Gasteiger partial charge is 0.330 e. The van der Waals surface area contributed by atoms with E-state index < -0.39 is 5.97 Å². The molecule has 114 valence electrons. The van der Waals surface area contributed by atoms with Crippen LogP contribution in [0.5, 0.6) is 0 Å². The van der Waals surface area contributed by atoms with Crippen LogP contribution in [-0.2, 0) is 16.1 Å². The quantitative estimate of drug-likeness (QED) is 0.243. The third kappa shape index (κ3) is 6.58. The van der Waals surface area contributed by atoms with Crippen molar-refractivity contribution in [2.24, 2.45) is 0 Å². The third-order valence-corrected chi connectivity index (χ3v) is 2.73. The molecule has 0 bridgehead atoms. The molecule has 4 nitrogen and oxygen atoms in total. The molecule has 0 amide bonds. The van der Waals surface area contributed by atoms with Gasteiger partial charge >= 0.3 is 5.97 Å². The van der Waals surface area contributed by atoms with E-state index in [1.165, 1.54) is 12.2 Å². The summed E-state index contributed by atoms with van der Waals surface area (Å²) in [5, 5.41) is 9.18. The molecule has 0 fully saturated rings. The second kappa shape index (κ2) is 10.0. The largest absolute Gasteiger partial charge is 0.463 e. The van der Waals surface area contributed by atoms with E-state index in [0.29, 0.717) is 25.3 Å². The van der Waals surface area contributed by atoms with Crippen LogP contribution in [0.4, 0.5) is 0 Å². The Morgan fingerprint density at radius 1 is 1.36 bits per heavy atom. The molecule has 0 saturated heterocycles. The number of benzene rings is 1. The summed E-state index contributed by atoms with van der Waals surface area (Å²) in [6.07, 6.45) is 6.19. The van der Waals surface area contributed by atoms with Gasteiger partial charge in [0.15, 0.2) is 0 Å². The number of hydrogen-bond acceptors (Lipinski definition) is 4. The van der Waals surface area contributed by atoms with Crippen LogP contribution in [0.3, 0.4) is 0 Å². The van der Waals surface area contributed by atoms with Gasteiger partial charge in [-0.05, 0) is 18.6 Å². The standard InChI is InChI=1S/C18H20N2O2/c1-3-12-20(14-16-8-6-5-7-9-16)15-17(13-19)10-11-18(21)22-4-2/h3,5-11,15H,1,4,12,14H2,2H3/b11-10+,17-15?. The van der Waals surface area contributed by atoms with Crippen molar-refractivity contribution >= 4 is 5.97 Å². The molecule has 0 N–H and O–H groups in total. The van der Waals surface area contributed by atoms with Gasteiger partial charge in [-0.15, -0.1) is 6.58 Å². The molecule has 22 heavy (non-hydrogen) atoms. The molecular formula is C18H20N2O2. The first-order valence-electron chi connectivity index (χ1n) is 7.05. The predicted molar refractivity (Wildman–Crippen MR) is 86.5 cm³/mol. The van der Waals surface area contributed by atoms with Gasteiger partial charge in [-0.2, -0.15) is 5.26 Å². The maximum Gasteiger partial charge on any atom is 0.330 e. The van der Waals surface area contributed by atoms with Crippen molar-refractivity contribution < 1.29 is 9.53 Å². The Hall–Kier alpha value is -2.80. The second-order valence-electron chi connectivity index (χ2n) is 4.49. The van der Waals surface area contributed by atoms with Gasteiger partial charge in [-0.1, -0.05) is 36.4 Å². The lowest BCUT2D eigenvalue weighted by Gasteiger charge is -2.18. The summed E-state index contributed by atoms with van der Waals surface area (Å²) in [6.45, 7) is 7.04. The van der Waals surface area contributed by atoms with E-state index in [1.807, 2.05) is 35.2 Å². The summed E-state index contributed by atoms with van der Waals surface area (Å²) >= 11 is 0. The van der Waals surface area contributed by atoms with Gasteiger partial charge in [0.1, 0.15) is 6.07 Å². The zero-order chi connectivity index (χ0) is 16.2. The second-order valence-corrected chi connectivity index (χ2v) is 4.49. The molecule has 0 aromatic heterocycles. The molecule has 0 atom stereocenters. The van der Waals surface area contributed by atoms with Crippen LogP contribution >= 0.6 is 0 Å². The van der Waals surface area contributed by atoms with Crippen LogP contribution in [0.15, 0.2) is 66.9 Å². The normalized spacial score (nSPS) is 11.0. The van der Waals surface area contributed by atoms with E-state index >= 15 is 0 Å². The highest BCUT2D eigenvalue weighted by molar-refractivity contribution is 5.82. The lowest BCUT2D eigenvalue weighted by atomic mass is 10.2. The van der Waals surface area contributed by atoms with E-state index in [9.17, 15) is 10.1 Å². The number of hydrogen-bond donors (Lipinski definition) is 0. The summed E-state index contributed by atoms with van der Waals surface area (Å²) in [5.41, 5.74) is 1.51. The Labute approximate surface area is 131 Å². The Bertz CT molecular complexity index is 583. The molecule has 0 aliphatic carbocycles. The summed E-state index contributed by atoms with van der Waals surface area (Å²) in [4.78, 5) is 13.2. The summed E-state index contributed by atoms with van der Waals surface area (Å²) < 4.78 is 4.79. The Morgan fingerprint density at radius 2 is 2.09 bits per heavy atom. The van der Waals surface area contributed by atoms with Gasteiger partial charge in [0.05, 0.1) is 12.2 Å². The van der Waals surface area contributed by atoms with Gasteiger partial charge in [0, 0.05) is 25.4 Å². The van der Waals surface area contributed by atoms with Gasteiger partial charge < -0.3 is 9.64 Å². The number of nitrogens with zero attached hydrogens (tertiary/aromatic N) is 2. The van der Waals surface area contributed by atoms with Gasteiger partial charge in [0.25, 0.3) is 0 Å². The molecule has 0 saturated carbocycles. The highest BCUT2D eigenvalue weighted by Crippen LogP contribution is 2.08. The lowest BCUT2D eigenvalue weighted by molar-refractivity contribution is -0.137. The van der Waals surface area contributed by atoms with Crippen LogP contribution < -0.4 is 0 Å². The van der Waals surface area contributed by atoms with Crippen molar-refractivity contribution in [3.63, 3.8) is 0 Å².